The lowest BCUT2D eigenvalue weighted by atomic mass is 10.2. The van der Waals surface area contributed by atoms with Gasteiger partial charge in [-0.05, 0) is 49.2 Å². The fourth-order valence-electron chi connectivity index (χ4n) is 2.04. The minimum Gasteiger partial charge on any atom is -0.489 e. The predicted octanol–water partition coefficient (Wildman–Crippen LogP) is 5.50. The number of halogens is 2. The monoisotopic (exact) mass is 377 g/mol. The van der Waals surface area contributed by atoms with Gasteiger partial charge in [-0.25, -0.2) is 0 Å². The first-order valence-corrected chi connectivity index (χ1v) is 8.89. The number of ether oxygens (including phenoxy) is 1. The van der Waals surface area contributed by atoms with E-state index in [1.54, 1.807) is 18.2 Å². The molecule has 0 fully saturated rings. The van der Waals surface area contributed by atoms with Crippen molar-refractivity contribution in [3.63, 3.8) is 0 Å². The second-order valence-corrected chi connectivity index (χ2v) is 6.59. The Labute approximate surface area is 158 Å². The normalized spacial score (nSPS) is 12.2. The molecule has 0 aromatic heterocycles. The van der Waals surface area contributed by atoms with Gasteiger partial charge in [0.2, 0.25) is 5.91 Å². The summed E-state index contributed by atoms with van der Waals surface area (Å²) < 4.78 is 5.73. The molecule has 25 heavy (non-hydrogen) atoms. The van der Waals surface area contributed by atoms with E-state index in [0.29, 0.717) is 16.7 Å². The summed E-state index contributed by atoms with van der Waals surface area (Å²) in [6.07, 6.45) is 4.22. The Kier molecular flexibility index (Phi) is 7.35. The number of hydrogen-bond acceptors (Lipinski definition) is 2. The van der Waals surface area contributed by atoms with Crippen LogP contribution in [-0.4, -0.2) is 11.9 Å². The average molecular weight is 378 g/mol. The molecule has 1 N–H and O–H groups in total. The molecule has 0 spiro atoms. The van der Waals surface area contributed by atoms with Gasteiger partial charge in [0.25, 0.3) is 0 Å². The molecule has 3 nitrogen and oxygen atoms in total. The van der Waals surface area contributed by atoms with Crippen molar-refractivity contribution in [3.8, 4) is 5.75 Å². The van der Waals surface area contributed by atoms with Crippen LogP contribution in [0.3, 0.4) is 0 Å². The van der Waals surface area contributed by atoms with E-state index < -0.39 is 0 Å². The number of nitrogens with one attached hydrogen (secondary N) is 1. The van der Waals surface area contributed by atoms with Gasteiger partial charge in [0, 0.05) is 27.7 Å². The van der Waals surface area contributed by atoms with Crippen LogP contribution in [0.25, 0.3) is 6.08 Å². The summed E-state index contributed by atoms with van der Waals surface area (Å²) in [6, 6.07) is 13.0. The number of benzene rings is 2. The van der Waals surface area contributed by atoms with E-state index >= 15 is 0 Å². The molecule has 1 unspecified atom stereocenters. The van der Waals surface area contributed by atoms with Crippen LogP contribution < -0.4 is 10.1 Å². The highest BCUT2D eigenvalue weighted by atomic mass is 35.5. The highest BCUT2D eigenvalue weighted by Crippen LogP contribution is 2.23. The van der Waals surface area contributed by atoms with Gasteiger partial charge in [0.1, 0.15) is 12.4 Å². The molecule has 132 valence electrons. The van der Waals surface area contributed by atoms with Crippen molar-refractivity contribution < 1.29 is 9.53 Å². The summed E-state index contributed by atoms with van der Waals surface area (Å²) in [4.78, 5) is 11.7. The summed E-state index contributed by atoms with van der Waals surface area (Å²) in [5, 5.41) is 4.07. The minimum atomic E-state index is -0.0907. The van der Waals surface area contributed by atoms with Crippen molar-refractivity contribution in [1.82, 2.24) is 5.32 Å². The van der Waals surface area contributed by atoms with Crippen LogP contribution in [0.15, 0.2) is 48.5 Å². The Bertz CT molecular complexity index is 742. The molecule has 0 aliphatic rings. The third-order valence-corrected chi connectivity index (χ3v) is 4.30. The molecule has 2 rings (SSSR count). The second kappa shape index (κ2) is 9.50. The summed E-state index contributed by atoms with van der Waals surface area (Å²) in [5.74, 6) is 0.638. The Morgan fingerprint density at radius 2 is 1.92 bits per heavy atom. The summed E-state index contributed by atoms with van der Waals surface area (Å²) in [5.41, 5.74) is 1.80. The first kappa shape index (κ1) is 19.4. The van der Waals surface area contributed by atoms with E-state index in [2.05, 4.69) is 5.32 Å². The Morgan fingerprint density at radius 1 is 1.20 bits per heavy atom. The predicted molar refractivity (Wildman–Crippen MR) is 104 cm³/mol. The first-order chi connectivity index (χ1) is 12.0. The molecule has 0 saturated heterocycles. The SMILES string of the molecule is CCC(C)NC(=O)C=Cc1ccc(OCc2ccc(Cl)cc2Cl)cc1. The third kappa shape index (κ3) is 6.45. The van der Waals surface area contributed by atoms with Gasteiger partial charge in [-0.15, -0.1) is 0 Å². The van der Waals surface area contributed by atoms with Gasteiger partial charge < -0.3 is 10.1 Å². The lowest BCUT2D eigenvalue weighted by Crippen LogP contribution is -2.30. The van der Waals surface area contributed by atoms with E-state index in [0.717, 1.165) is 23.3 Å². The molecule has 5 heteroatoms. The quantitative estimate of drug-likeness (QED) is 0.646. The van der Waals surface area contributed by atoms with Gasteiger partial charge >= 0.3 is 0 Å². The van der Waals surface area contributed by atoms with Crippen molar-refractivity contribution in [2.45, 2.75) is 32.9 Å². The fraction of sp³-hybridized carbons (Fsp3) is 0.250. The van der Waals surface area contributed by atoms with Crippen LogP contribution in [0, 0.1) is 0 Å². The summed E-state index contributed by atoms with van der Waals surface area (Å²) in [7, 11) is 0. The maximum absolute atomic E-state index is 11.7. The highest BCUT2D eigenvalue weighted by Gasteiger charge is 2.03. The largest absolute Gasteiger partial charge is 0.489 e. The zero-order valence-corrected chi connectivity index (χ0v) is 15.8. The molecule has 2 aromatic rings. The molecule has 0 bridgehead atoms. The Balaban J connectivity index is 1.90. The molecule has 0 saturated carbocycles. The van der Waals surface area contributed by atoms with Gasteiger partial charge in [0.05, 0.1) is 0 Å². The number of carbonyl (C=O) groups excluding carboxylic acids is 1. The molecule has 2 aromatic carbocycles. The minimum absolute atomic E-state index is 0.0907. The number of hydrogen-bond donors (Lipinski definition) is 1. The molecule has 0 radical (unpaired) electrons. The smallest absolute Gasteiger partial charge is 0.244 e. The molecular formula is C20H21Cl2NO2. The van der Waals surface area contributed by atoms with Crippen molar-refractivity contribution in [2.24, 2.45) is 0 Å². The zero-order chi connectivity index (χ0) is 18.2. The molecule has 0 aliphatic carbocycles. The Morgan fingerprint density at radius 3 is 2.56 bits per heavy atom. The molecule has 1 atom stereocenters. The van der Waals surface area contributed by atoms with Crippen LogP contribution in [-0.2, 0) is 11.4 Å². The van der Waals surface area contributed by atoms with Crippen LogP contribution in [0.2, 0.25) is 10.0 Å². The standard InChI is InChI=1S/C20H21Cl2NO2/c1-3-14(2)23-20(24)11-6-15-4-9-18(10-5-15)25-13-16-7-8-17(21)12-19(16)22/h4-12,14H,3,13H2,1-2H3,(H,23,24). The maximum atomic E-state index is 11.7. The molecule has 0 aliphatic heterocycles. The molecule has 1 amide bonds. The van der Waals surface area contributed by atoms with Crippen molar-refractivity contribution in [3.05, 3.63) is 69.7 Å². The zero-order valence-electron chi connectivity index (χ0n) is 14.3. The van der Waals surface area contributed by atoms with Crippen LogP contribution in [0.5, 0.6) is 5.75 Å². The van der Waals surface area contributed by atoms with Crippen molar-refractivity contribution in [1.29, 1.82) is 0 Å². The van der Waals surface area contributed by atoms with E-state index in [1.807, 2.05) is 44.2 Å². The molecule has 0 heterocycles. The lowest BCUT2D eigenvalue weighted by Gasteiger charge is -2.09. The van der Waals surface area contributed by atoms with E-state index in [4.69, 9.17) is 27.9 Å². The Hall–Kier alpha value is -1.97. The number of rotatable bonds is 7. The van der Waals surface area contributed by atoms with Gasteiger partial charge in [-0.3, -0.25) is 4.79 Å². The number of carbonyl (C=O) groups is 1. The fourth-order valence-corrected chi connectivity index (χ4v) is 2.50. The van der Waals surface area contributed by atoms with Gasteiger partial charge in [-0.2, -0.15) is 0 Å². The van der Waals surface area contributed by atoms with Crippen LogP contribution in [0.1, 0.15) is 31.4 Å². The molecular weight excluding hydrogens is 357 g/mol. The number of amides is 1. The van der Waals surface area contributed by atoms with Crippen LogP contribution in [0.4, 0.5) is 0 Å². The first-order valence-electron chi connectivity index (χ1n) is 8.13. The van der Waals surface area contributed by atoms with Crippen molar-refractivity contribution >= 4 is 35.2 Å². The van der Waals surface area contributed by atoms with Gasteiger partial charge in [0.15, 0.2) is 0 Å². The van der Waals surface area contributed by atoms with E-state index in [9.17, 15) is 4.79 Å². The topological polar surface area (TPSA) is 38.3 Å². The van der Waals surface area contributed by atoms with Crippen molar-refractivity contribution in [2.75, 3.05) is 0 Å². The highest BCUT2D eigenvalue weighted by molar-refractivity contribution is 6.35. The third-order valence-electron chi connectivity index (χ3n) is 3.72. The lowest BCUT2D eigenvalue weighted by molar-refractivity contribution is -0.117. The van der Waals surface area contributed by atoms with Crippen LogP contribution >= 0.6 is 23.2 Å². The summed E-state index contributed by atoms with van der Waals surface area (Å²) >= 11 is 12.0. The van der Waals surface area contributed by atoms with E-state index in [-0.39, 0.29) is 11.9 Å². The maximum Gasteiger partial charge on any atom is 0.244 e. The van der Waals surface area contributed by atoms with E-state index in [1.165, 1.54) is 6.08 Å². The second-order valence-electron chi connectivity index (χ2n) is 5.74. The summed E-state index contributed by atoms with van der Waals surface area (Å²) in [6.45, 7) is 4.37. The van der Waals surface area contributed by atoms with Gasteiger partial charge in [-0.1, -0.05) is 48.3 Å². The average Bonchev–Trinajstić information content (AvgIpc) is 2.60.